The largest absolute Gasteiger partial charge is 0.464 e. The highest BCUT2D eigenvalue weighted by Gasteiger charge is 2.42. The Bertz CT molecular complexity index is 501. The average Bonchev–Trinajstić information content (AvgIpc) is 2.31. The smallest absolute Gasteiger partial charge is 0.335 e. The van der Waals surface area contributed by atoms with Gasteiger partial charge in [0.25, 0.3) is 10.1 Å². The first-order valence-corrected chi connectivity index (χ1v) is 7.84. The maximum atomic E-state index is 11.7. The fourth-order valence-corrected chi connectivity index (χ4v) is 2.60. The van der Waals surface area contributed by atoms with Crippen LogP contribution in [-0.2, 0) is 28.6 Å². The Kier molecular flexibility index (Phi) is 5.75. The molecule has 1 saturated heterocycles. The lowest BCUT2D eigenvalue weighted by atomic mass is 9.97. The van der Waals surface area contributed by atoms with Crippen LogP contribution in [0.5, 0.6) is 0 Å². The predicted octanol–water partition coefficient (Wildman–Crippen LogP) is 0.751. The van der Waals surface area contributed by atoms with Crippen LogP contribution in [0.2, 0.25) is 0 Å². The molecule has 0 aromatic carbocycles. The number of azide groups is 1. The van der Waals surface area contributed by atoms with Crippen LogP contribution in [0.1, 0.15) is 20.3 Å². The number of nitrogens with zero attached hydrogens (tertiary/aromatic N) is 3. The van der Waals surface area contributed by atoms with Gasteiger partial charge in [0.1, 0.15) is 6.10 Å². The third-order valence-corrected chi connectivity index (χ3v) is 3.32. The van der Waals surface area contributed by atoms with E-state index in [1.54, 1.807) is 13.8 Å². The van der Waals surface area contributed by atoms with Crippen LogP contribution in [0.15, 0.2) is 5.11 Å². The minimum atomic E-state index is -3.67. The van der Waals surface area contributed by atoms with Gasteiger partial charge in [0, 0.05) is 4.91 Å². The number of hydrogen-bond acceptors (Lipinski definition) is 7. The molecular formula is C10H17N3O6S. The first-order valence-electron chi connectivity index (χ1n) is 6.03. The van der Waals surface area contributed by atoms with Gasteiger partial charge >= 0.3 is 5.97 Å². The Labute approximate surface area is 116 Å². The molecule has 0 bridgehead atoms. The highest BCUT2D eigenvalue weighted by atomic mass is 32.2. The molecule has 9 nitrogen and oxygen atoms in total. The molecule has 0 aromatic rings. The highest BCUT2D eigenvalue weighted by Crippen LogP contribution is 2.26. The van der Waals surface area contributed by atoms with Crippen molar-refractivity contribution in [2.45, 2.75) is 44.6 Å². The van der Waals surface area contributed by atoms with Crippen molar-refractivity contribution in [3.63, 3.8) is 0 Å². The molecule has 1 aliphatic heterocycles. The zero-order valence-electron chi connectivity index (χ0n) is 11.4. The zero-order chi connectivity index (χ0) is 15.3. The van der Waals surface area contributed by atoms with E-state index >= 15 is 0 Å². The molecule has 20 heavy (non-hydrogen) atoms. The summed E-state index contributed by atoms with van der Waals surface area (Å²) in [6, 6.07) is -0.873. The Balaban J connectivity index is 2.88. The van der Waals surface area contributed by atoms with E-state index in [1.165, 1.54) is 0 Å². The van der Waals surface area contributed by atoms with Crippen LogP contribution in [0.4, 0.5) is 0 Å². The van der Waals surface area contributed by atoms with E-state index in [0.29, 0.717) is 0 Å². The van der Waals surface area contributed by atoms with Crippen molar-refractivity contribution in [1.82, 2.24) is 0 Å². The van der Waals surface area contributed by atoms with E-state index in [-0.39, 0.29) is 13.0 Å². The van der Waals surface area contributed by atoms with Crippen LogP contribution in [0.3, 0.4) is 0 Å². The molecular weight excluding hydrogens is 290 g/mol. The zero-order valence-corrected chi connectivity index (χ0v) is 12.2. The van der Waals surface area contributed by atoms with E-state index in [0.717, 1.165) is 6.26 Å². The Morgan fingerprint density at radius 1 is 1.55 bits per heavy atom. The van der Waals surface area contributed by atoms with Crippen molar-refractivity contribution in [3.8, 4) is 0 Å². The molecule has 0 aromatic heterocycles. The standard InChI is InChI=1S/C10H17N3O6S/c1-4-17-10(14)9-7(12-13-11)5-8(6(2)18-9)19-20(3,15)16/h6-9H,4-5H2,1-3H3/t6-,7+,8-,9+/m1/s1. The molecule has 1 heterocycles. The molecule has 0 aliphatic carbocycles. The predicted molar refractivity (Wildman–Crippen MR) is 68.2 cm³/mol. The third kappa shape index (κ3) is 4.64. The van der Waals surface area contributed by atoms with Gasteiger partial charge in [-0.15, -0.1) is 0 Å². The lowest BCUT2D eigenvalue weighted by Gasteiger charge is -2.36. The molecule has 0 unspecified atom stereocenters. The first-order chi connectivity index (χ1) is 9.28. The topological polar surface area (TPSA) is 128 Å². The molecule has 4 atom stereocenters. The van der Waals surface area contributed by atoms with Crippen molar-refractivity contribution < 1.29 is 26.9 Å². The summed E-state index contributed by atoms with van der Waals surface area (Å²) >= 11 is 0. The summed E-state index contributed by atoms with van der Waals surface area (Å²) in [5.74, 6) is -0.644. The van der Waals surface area contributed by atoms with Crippen molar-refractivity contribution in [2.75, 3.05) is 12.9 Å². The normalized spacial score (nSPS) is 30.4. The maximum absolute atomic E-state index is 11.7. The van der Waals surface area contributed by atoms with Gasteiger partial charge in [0.15, 0.2) is 6.10 Å². The van der Waals surface area contributed by atoms with E-state index in [1.807, 2.05) is 0 Å². The lowest BCUT2D eigenvalue weighted by molar-refractivity contribution is -0.173. The molecule has 1 aliphatic rings. The SMILES string of the molecule is CCOC(=O)[C@H]1O[C@H](C)[C@H](OS(C)(=O)=O)C[C@@H]1N=[N+]=[N-]. The van der Waals surface area contributed by atoms with Gasteiger partial charge in [-0.2, -0.15) is 8.42 Å². The summed E-state index contributed by atoms with van der Waals surface area (Å²) < 4.78 is 37.4. The average molecular weight is 307 g/mol. The Morgan fingerprint density at radius 3 is 2.70 bits per heavy atom. The fourth-order valence-electron chi connectivity index (χ4n) is 1.92. The van der Waals surface area contributed by atoms with E-state index in [2.05, 4.69) is 10.0 Å². The summed E-state index contributed by atoms with van der Waals surface area (Å²) in [4.78, 5) is 14.4. The summed E-state index contributed by atoms with van der Waals surface area (Å²) in [7, 11) is -3.67. The third-order valence-electron chi connectivity index (χ3n) is 2.73. The van der Waals surface area contributed by atoms with Crippen LogP contribution < -0.4 is 0 Å². The van der Waals surface area contributed by atoms with E-state index < -0.39 is 40.4 Å². The number of hydrogen-bond donors (Lipinski definition) is 0. The summed E-state index contributed by atoms with van der Waals surface area (Å²) in [5.41, 5.74) is 8.52. The van der Waals surface area contributed by atoms with E-state index in [9.17, 15) is 13.2 Å². The molecule has 0 saturated carbocycles. The highest BCUT2D eigenvalue weighted by molar-refractivity contribution is 7.86. The maximum Gasteiger partial charge on any atom is 0.335 e. The molecule has 0 radical (unpaired) electrons. The minimum absolute atomic E-state index is 0.0573. The van der Waals surface area contributed by atoms with Gasteiger partial charge in [0.05, 0.1) is 25.0 Å². The van der Waals surface area contributed by atoms with Gasteiger partial charge in [-0.05, 0) is 25.8 Å². The van der Waals surface area contributed by atoms with Crippen molar-refractivity contribution in [1.29, 1.82) is 0 Å². The summed E-state index contributed by atoms with van der Waals surface area (Å²) in [6.45, 7) is 3.38. The number of esters is 1. The van der Waals surface area contributed by atoms with Gasteiger partial charge in [-0.1, -0.05) is 5.11 Å². The molecule has 0 N–H and O–H groups in total. The molecule has 114 valence electrons. The molecule has 1 rings (SSSR count). The number of rotatable bonds is 5. The molecule has 10 heteroatoms. The number of carbonyl (C=O) groups is 1. The molecule has 0 amide bonds. The first kappa shape index (κ1) is 16.7. The van der Waals surface area contributed by atoms with Gasteiger partial charge in [-0.25, -0.2) is 4.79 Å². The second kappa shape index (κ2) is 6.89. The number of ether oxygens (including phenoxy) is 2. The molecule has 1 fully saturated rings. The fraction of sp³-hybridized carbons (Fsp3) is 0.900. The van der Waals surface area contributed by atoms with Gasteiger partial charge < -0.3 is 9.47 Å². The van der Waals surface area contributed by atoms with Crippen molar-refractivity contribution in [3.05, 3.63) is 10.4 Å². The minimum Gasteiger partial charge on any atom is -0.464 e. The van der Waals surface area contributed by atoms with Crippen LogP contribution in [-0.4, -0.2) is 51.6 Å². The van der Waals surface area contributed by atoms with Crippen LogP contribution in [0, 0.1) is 0 Å². The Morgan fingerprint density at radius 2 is 2.20 bits per heavy atom. The lowest BCUT2D eigenvalue weighted by Crippen LogP contribution is -2.50. The summed E-state index contributed by atoms with van der Waals surface area (Å²) in [6.07, 6.45) is -1.54. The van der Waals surface area contributed by atoms with Gasteiger partial charge in [-0.3, -0.25) is 4.18 Å². The quantitative estimate of drug-likeness (QED) is 0.242. The van der Waals surface area contributed by atoms with Crippen molar-refractivity contribution >= 4 is 16.1 Å². The van der Waals surface area contributed by atoms with Crippen LogP contribution in [0.25, 0.3) is 10.4 Å². The monoisotopic (exact) mass is 307 g/mol. The van der Waals surface area contributed by atoms with Crippen LogP contribution >= 0.6 is 0 Å². The second-order valence-electron chi connectivity index (χ2n) is 4.36. The summed E-state index contributed by atoms with van der Waals surface area (Å²) in [5, 5.41) is 3.46. The number of carbonyl (C=O) groups excluding carboxylic acids is 1. The Hall–Kier alpha value is -1.35. The van der Waals surface area contributed by atoms with Gasteiger partial charge in [0.2, 0.25) is 0 Å². The second-order valence-corrected chi connectivity index (χ2v) is 5.96. The van der Waals surface area contributed by atoms with E-state index in [4.69, 9.17) is 19.2 Å². The van der Waals surface area contributed by atoms with Crippen molar-refractivity contribution in [2.24, 2.45) is 5.11 Å². The molecule has 0 spiro atoms.